The van der Waals surface area contributed by atoms with Crippen molar-refractivity contribution in [2.24, 2.45) is 7.05 Å². The van der Waals surface area contributed by atoms with Gasteiger partial charge in [-0.2, -0.15) is 5.10 Å². The molecule has 0 atom stereocenters. The molecule has 2 heterocycles. The van der Waals surface area contributed by atoms with Gasteiger partial charge in [-0.3, -0.25) is 4.68 Å². The molecule has 0 bridgehead atoms. The fraction of sp³-hybridized carbons (Fsp3) is 0.160. The molecule has 5 rings (SSSR count). The normalized spacial score (nSPS) is 11.2. The number of rotatable bonds is 4. The van der Waals surface area contributed by atoms with Crippen LogP contribution in [0.4, 0.5) is 17.5 Å². The second-order valence-corrected chi connectivity index (χ2v) is 7.84. The molecule has 0 amide bonds. The van der Waals surface area contributed by atoms with Crippen molar-refractivity contribution in [1.82, 2.24) is 19.7 Å². The van der Waals surface area contributed by atoms with E-state index in [-0.39, 0.29) is 0 Å². The second kappa shape index (κ2) is 7.40. The van der Waals surface area contributed by atoms with Gasteiger partial charge in [0.25, 0.3) is 0 Å². The van der Waals surface area contributed by atoms with Crippen molar-refractivity contribution >= 4 is 39.3 Å². The van der Waals surface area contributed by atoms with E-state index in [0.29, 0.717) is 5.95 Å². The number of nitrogens with zero attached hydrogens (tertiary/aromatic N) is 4. The van der Waals surface area contributed by atoms with Crippen LogP contribution in [0.5, 0.6) is 0 Å². The summed E-state index contributed by atoms with van der Waals surface area (Å²) in [5, 5.41) is 13.4. The molecule has 0 saturated heterocycles. The minimum atomic E-state index is 0.622. The summed E-state index contributed by atoms with van der Waals surface area (Å²) in [6.45, 7) is 4.23. The lowest BCUT2D eigenvalue weighted by molar-refractivity contribution is 0.801. The van der Waals surface area contributed by atoms with Gasteiger partial charge in [-0.25, -0.2) is 9.97 Å². The number of benzene rings is 3. The van der Waals surface area contributed by atoms with E-state index in [1.54, 1.807) is 0 Å². The van der Waals surface area contributed by atoms with Gasteiger partial charge in [0.1, 0.15) is 0 Å². The summed E-state index contributed by atoms with van der Waals surface area (Å²) < 4.78 is 1.96. The second-order valence-electron chi connectivity index (χ2n) is 7.84. The fourth-order valence-corrected chi connectivity index (χ4v) is 4.10. The van der Waals surface area contributed by atoms with Gasteiger partial charge in [-0.05, 0) is 60.9 Å². The molecule has 5 aromatic rings. The summed E-state index contributed by atoms with van der Waals surface area (Å²) in [6.07, 6.45) is 1.86. The Morgan fingerprint density at radius 1 is 0.968 bits per heavy atom. The summed E-state index contributed by atoms with van der Waals surface area (Å²) in [7, 11) is 3.82. The summed E-state index contributed by atoms with van der Waals surface area (Å²) in [6, 6.07) is 18.9. The largest absolute Gasteiger partial charge is 0.357 e. The summed E-state index contributed by atoms with van der Waals surface area (Å²) in [4.78, 5) is 8.91. The minimum Gasteiger partial charge on any atom is -0.357 e. The first kappa shape index (κ1) is 19.1. The third-order valence-corrected chi connectivity index (χ3v) is 5.59. The van der Waals surface area contributed by atoms with Crippen LogP contribution in [0.25, 0.3) is 32.9 Å². The van der Waals surface area contributed by atoms with E-state index < -0.39 is 0 Å². The third kappa shape index (κ3) is 3.36. The highest BCUT2D eigenvalue weighted by Crippen LogP contribution is 2.36. The number of anilines is 3. The Morgan fingerprint density at radius 3 is 2.65 bits per heavy atom. The van der Waals surface area contributed by atoms with Gasteiger partial charge in [0.05, 0.1) is 11.0 Å². The van der Waals surface area contributed by atoms with E-state index in [4.69, 9.17) is 5.10 Å². The van der Waals surface area contributed by atoms with Crippen molar-refractivity contribution in [1.29, 1.82) is 0 Å². The first-order valence-corrected chi connectivity index (χ1v) is 10.3. The fourth-order valence-electron chi connectivity index (χ4n) is 4.10. The molecule has 2 N–H and O–H groups in total. The molecule has 0 radical (unpaired) electrons. The Kier molecular flexibility index (Phi) is 4.55. The van der Waals surface area contributed by atoms with E-state index in [9.17, 15) is 0 Å². The van der Waals surface area contributed by atoms with E-state index in [1.807, 2.05) is 31.0 Å². The van der Waals surface area contributed by atoms with Crippen LogP contribution in [-0.2, 0) is 7.05 Å². The minimum absolute atomic E-state index is 0.622. The lowest BCUT2D eigenvalue weighted by Gasteiger charge is -2.11. The average molecular weight is 409 g/mol. The lowest BCUT2D eigenvalue weighted by atomic mass is 9.96. The van der Waals surface area contributed by atoms with Crippen LogP contribution in [0.1, 0.15) is 11.1 Å². The molecule has 0 fully saturated rings. The van der Waals surface area contributed by atoms with Crippen LogP contribution in [0.3, 0.4) is 0 Å². The molecular weight excluding hydrogens is 384 g/mol. The predicted octanol–water partition coefficient (Wildman–Crippen LogP) is 5.59. The number of aryl methyl sites for hydroxylation is 3. The van der Waals surface area contributed by atoms with E-state index in [2.05, 4.69) is 83.0 Å². The predicted molar refractivity (Wildman–Crippen MR) is 128 cm³/mol. The highest BCUT2D eigenvalue weighted by molar-refractivity contribution is 6.03. The van der Waals surface area contributed by atoms with Crippen molar-refractivity contribution in [2.45, 2.75) is 13.8 Å². The van der Waals surface area contributed by atoms with E-state index in [1.165, 1.54) is 16.7 Å². The van der Waals surface area contributed by atoms with Crippen molar-refractivity contribution in [3.8, 4) is 11.1 Å². The molecule has 0 saturated carbocycles. The summed E-state index contributed by atoms with van der Waals surface area (Å²) in [5.74, 6) is 1.48. The van der Waals surface area contributed by atoms with Crippen LogP contribution in [-0.4, -0.2) is 26.8 Å². The SMILES string of the molecule is CNc1ncc2cc(-c3c(C)ccc4c(Nc5cccc(C)c5)nn(C)c34)ccc2n1. The van der Waals surface area contributed by atoms with Gasteiger partial charge in [-0.1, -0.05) is 24.3 Å². The Balaban J connectivity index is 1.66. The zero-order valence-corrected chi connectivity index (χ0v) is 18.1. The lowest BCUT2D eigenvalue weighted by Crippen LogP contribution is -1.97. The molecule has 0 spiro atoms. The first-order chi connectivity index (χ1) is 15.0. The molecule has 0 aliphatic carbocycles. The van der Waals surface area contributed by atoms with Crippen LogP contribution >= 0.6 is 0 Å². The molecule has 6 nitrogen and oxygen atoms in total. The number of fused-ring (bicyclic) bond motifs is 2. The summed E-state index contributed by atoms with van der Waals surface area (Å²) >= 11 is 0. The van der Waals surface area contributed by atoms with Crippen LogP contribution in [0.15, 0.2) is 60.8 Å². The van der Waals surface area contributed by atoms with E-state index in [0.717, 1.165) is 38.9 Å². The van der Waals surface area contributed by atoms with Gasteiger partial charge in [-0.15, -0.1) is 0 Å². The molecule has 0 aliphatic rings. The molecule has 0 unspecified atom stereocenters. The van der Waals surface area contributed by atoms with Gasteiger partial charge in [0.15, 0.2) is 5.82 Å². The zero-order chi connectivity index (χ0) is 21.5. The summed E-state index contributed by atoms with van der Waals surface area (Å²) in [5.41, 5.74) is 7.75. The maximum Gasteiger partial charge on any atom is 0.222 e. The van der Waals surface area contributed by atoms with Crippen molar-refractivity contribution in [3.05, 3.63) is 71.9 Å². The number of aromatic nitrogens is 4. The molecule has 0 aliphatic heterocycles. The molecule has 6 heteroatoms. The molecule has 3 aromatic carbocycles. The van der Waals surface area contributed by atoms with Gasteiger partial charge in [0, 0.05) is 42.3 Å². The number of hydrogen-bond acceptors (Lipinski definition) is 5. The smallest absolute Gasteiger partial charge is 0.222 e. The Morgan fingerprint density at radius 2 is 1.84 bits per heavy atom. The monoisotopic (exact) mass is 408 g/mol. The van der Waals surface area contributed by atoms with Crippen LogP contribution in [0, 0.1) is 13.8 Å². The van der Waals surface area contributed by atoms with Crippen molar-refractivity contribution in [2.75, 3.05) is 17.7 Å². The van der Waals surface area contributed by atoms with Crippen LogP contribution < -0.4 is 10.6 Å². The maximum absolute atomic E-state index is 4.80. The number of hydrogen-bond donors (Lipinski definition) is 2. The average Bonchev–Trinajstić information content (AvgIpc) is 3.08. The molecule has 154 valence electrons. The van der Waals surface area contributed by atoms with E-state index >= 15 is 0 Å². The maximum atomic E-state index is 4.80. The highest BCUT2D eigenvalue weighted by Gasteiger charge is 2.16. The van der Waals surface area contributed by atoms with Crippen molar-refractivity contribution in [3.63, 3.8) is 0 Å². The third-order valence-electron chi connectivity index (χ3n) is 5.59. The molecular formula is C25H24N6. The van der Waals surface area contributed by atoms with Gasteiger partial charge >= 0.3 is 0 Å². The molecule has 31 heavy (non-hydrogen) atoms. The Bertz CT molecular complexity index is 1430. The quantitative estimate of drug-likeness (QED) is 0.406. The number of nitrogens with one attached hydrogen (secondary N) is 2. The van der Waals surface area contributed by atoms with Gasteiger partial charge < -0.3 is 10.6 Å². The topological polar surface area (TPSA) is 67.7 Å². The Labute approximate surface area is 181 Å². The van der Waals surface area contributed by atoms with Crippen LogP contribution in [0.2, 0.25) is 0 Å². The first-order valence-electron chi connectivity index (χ1n) is 10.3. The zero-order valence-electron chi connectivity index (χ0n) is 18.1. The molecule has 2 aromatic heterocycles. The van der Waals surface area contributed by atoms with Crippen molar-refractivity contribution < 1.29 is 0 Å². The van der Waals surface area contributed by atoms with Gasteiger partial charge in [0.2, 0.25) is 5.95 Å². The Hall–Kier alpha value is -3.93. The highest BCUT2D eigenvalue weighted by atomic mass is 15.3. The standard InChI is InChI=1S/C25H24N6/c1-15-6-5-7-19(12-15)28-24-20-10-8-16(2)22(23(20)31(4)30-24)17-9-11-21-18(13-17)14-27-25(26-3)29-21/h5-14H,1-4H3,(H,28,30)(H,26,27,29).